The monoisotopic (exact) mass is 366 g/mol. The smallest absolute Gasteiger partial charge is 0.410 e. The van der Waals surface area contributed by atoms with Crippen molar-refractivity contribution in [3.63, 3.8) is 0 Å². The maximum atomic E-state index is 14.0. The number of ether oxygens (including phenoxy) is 1. The molecule has 0 N–H and O–H groups in total. The average molecular weight is 367 g/mol. The zero-order valence-electron chi connectivity index (χ0n) is 19.7. The summed E-state index contributed by atoms with van der Waals surface area (Å²) in [6, 6.07) is 3.01. The van der Waals surface area contributed by atoms with Gasteiger partial charge in [0, 0.05) is 31.7 Å². The standard InChI is InChI=1S/C15H20BrFN2O2/c1-15(2,3)21-14(20)19-8-6-18(7-9-19)11-4-5-12(16)13(17)10-11/h4-5,10H,6-9H2,1-3H3/i6D2,7D2,8D2,9D2. The van der Waals surface area contributed by atoms with E-state index in [1.165, 1.54) is 20.8 Å². The number of hydrogen-bond acceptors (Lipinski definition) is 3. The highest BCUT2D eigenvalue weighted by atomic mass is 79.9. The fourth-order valence-electron chi connectivity index (χ4n) is 1.41. The Morgan fingerprint density at radius 1 is 1.33 bits per heavy atom. The van der Waals surface area contributed by atoms with Gasteiger partial charge in [-0.15, -0.1) is 0 Å². The number of amides is 1. The van der Waals surface area contributed by atoms with Crippen LogP contribution in [-0.2, 0) is 4.74 Å². The van der Waals surface area contributed by atoms with Crippen molar-refractivity contribution in [2.24, 2.45) is 0 Å². The molecule has 1 amide bonds. The molecule has 1 heterocycles. The molecule has 1 saturated heterocycles. The molecule has 0 radical (unpaired) electrons. The molecule has 21 heavy (non-hydrogen) atoms. The molecule has 1 aliphatic rings. The van der Waals surface area contributed by atoms with Crippen LogP contribution in [0.15, 0.2) is 22.7 Å². The molecule has 0 spiro atoms. The lowest BCUT2D eigenvalue weighted by atomic mass is 10.2. The van der Waals surface area contributed by atoms with E-state index in [1.54, 1.807) is 0 Å². The van der Waals surface area contributed by atoms with E-state index in [-0.39, 0.29) is 14.3 Å². The van der Waals surface area contributed by atoms with Gasteiger partial charge in [0.25, 0.3) is 0 Å². The van der Waals surface area contributed by atoms with Crippen LogP contribution in [0, 0.1) is 5.82 Å². The lowest BCUT2D eigenvalue weighted by Gasteiger charge is -2.36. The van der Waals surface area contributed by atoms with Crippen molar-refractivity contribution in [1.82, 2.24) is 4.90 Å². The van der Waals surface area contributed by atoms with Gasteiger partial charge < -0.3 is 14.5 Å². The topological polar surface area (TPSA) is 32.8 Å². The molecule has 4 nitrogen and oxygen atoms in total. The zero-order valence-corrected chi connectivity index (χ0v) is 13.3. The van der Waals surface area contributed by atoms with Gasteiger partial charge in [0.2, 0.25) is 0 Å². The molecule has 0 aliphatic carbocycles. The predicted octanol–water partition coefficient (Wildman–Crippen LogP) is 3.65. The summed E-state index contributed by atoms with van der Waals surface area (Å²) in [6.07, 6.45) is -1.57. The summed E-state index contributed by atoms with van der Waals surface area (Å²) in [7, 11) is 0. The first kappa shape index (κ1) is 8.36. The Morgan fingerprint density at radius 2 is 1.95 bits per heavy atom. The van der Waals surface area contributed by atoms with E-state index in [4.69, 9.17) is 15.7 Å². The van der Waals surface area contributed by atoms with E-state index in [2.05, 4.69) is 15.9 Å². The number of rotatable bonds is 1. The SMILES string of the molecule is [2H]C1([2H])N(C(=O)OC(C)(C)C)C([2H])([2H])C([2H])([2H])N(c2ccc(Br)c(F)c2)C1([2H])[2H]. The maximum absolute atomic E-state index is 14.0. The van der Waals surface area contributed by atoms with E-state index in [9.17, 15) is 9.18 Å². The third-order valence-electron chi connectivity index (χ3n) is 2.28. The Hall–Kier alpha value is -1.30. The molecule has 1 aromatic carbocycles. The summed E-state index contributed by atoms with van der Waals surface area (Å²) in [5.41, 5.74) is -1.62. The third kappa shape index (κ3) is 4.33. The third-order valence-corrected chi connectivity index (χ3v) is 2.93. The lowest BCUT2D eigenvalue weighted by molar-refractivity contribution is 0.0240. The Bertz CT molecular complexity index is 803. The van der Waals surface area contributed by atoms with Crippen LogP contribution in [0.4, 0.5) is 14.9 Å². The molecule has 0 bridgehead atoms. The number of carbonyl (C=O) groups excluding carboxylic acids is 1. The molecule has 2 rings (SSSR count). The van der Waals surface area contributed by atoms with Gasteiger partial charge in [-0.3, -0.25) is 0 Å². The highest BCUT2D eigenvalue weighted by Crippen LogP contribution is 2.23. The zero-order chi connectivity index (χ0) is 22.8. The van der Waals surface area contributed by atoms with Crippen molar-refractivity contribution in [3.05, 3.63) is 28.5 Å². The van der Waals surface area contributed by atoms with Crippen molar-refractivity contribution in [2.45, 2.75) is 26.4 Å². The van der Waals surface area contributed by atoms with Gasteiger partial charge in [-0.1, -0.05) is 0 Å². The van der Waals surface area contributed by atoms with Crippen molar-refractivity contribution in [1.29, 1.82) is 0 Å². The fourth-order valence-corrected chi connectivity index (χ4v) is 1.65. The molecule has 0 saturated carbocycles. The number of halogens is 2. The van der Waals surface area contributed by atoms with Gasteiger partial charge in [0.15, 0.2) is 0 Å². The van der Waals surface area contributed by atoms with Crippen LogP contribution < -0.4 is 4.90 Å². The van der Waals surface area contributed by atoms with E-state index >= 15 is 0 Å². The highest BCUT2D eigenvalue weighted by molar-refractivity contribution is 9.10. The summed E-state index contributed by atoms with van der Waals surface area (Å²) in [5.74, 6) is -0.884. The Labute approximate surface area is 144 Å². The number of benzene rings is 1. The van der Waals surface area contributed by atoms with Crippen LogP contribution in [0.5, 0.6) is 0 Å². The number of nitrogens with zero attached hydrogens (tertiary/aromatic N) is 2. The van der Waals surface area contributed by atoms with Crippen molar-refractivity contribution in [2.75, 3.05) is 30.9 Å². The largest absolute Gasteiger partial charge is 0.444 e. The minimum Gasteiger partial charge on any atom is -0.444 e. The fraction of sp³-hybridized carbons (Fsp3) is 0.533. The van der Waals surface area contributed by atoms with Crippen LogP contribution in [-0.4, -0.2) is 42.6 Å². The summed E-state index contributed by atoms with van der Waals surface area (Å²) >= 11 is 2.91. The van der Waals surface area contributed by atoms with Crippen LogP contribution in [0.3, 0.4) is 0 Å². The van der Waals surface area contributed by atoms with E-state index in [0.717, 1.165) is 18.2 Å². The van der Waals surface area contributed by atoms with E-state index < -0.39 is 49.2 Å². The molecule has 116 valence electrons. The van der Waals surface area contributed by atoms with Crippen LogP contribution in [0.2, 0.25) is 0 Å². The first-order valence-electron chi connectivity index (χ1n) is 10.1. The normalized spacial score (nSPS) is 31.3. The molecular weight excluding hydrogens is 339 g/mol. The summed E-state index contributed by atoms with van der Waals surface area (Å²) in [6.45, 7) is -9.07. The molecule has 1 fully saturated rings. The lowest BCUT2D eigenvalue weighted by Crippen LogP contribution is -2.50. The summed E-state index contributed by atoms with van der Waals surface area (Å²) in [5, 5.41) is 0. The van der Waals surface area contributed by atoms with Gasteiger partial charge in [-0.25, -0.2) is 9.18 Å². The Balaban J connectivity index is 2.72. The van der Waals surface area contributed by atoms with E-state index in [1.807, 2.05) is 0 Å². The molecule has 6 heteroatoms. The second-order valence-electron chi connectivity index (χ2n) is 5.20. The van der Waals surface area contributed by atoms with Crippen molar-refractivity contribution >= 4 is 27.7 Å². The number of piperazine rings is 1. The molecular formula is C15H20BrFN2O2. The molecule has 0 atom stereocenters. The number of carbonyl (C=O) groups is 1. The Kier molecular flexibility index (Phi) is 2.48. The number of hydrogen-bond donors (Lipinski definition) is 0. The van der Waals surface area contributed by atoms with Gasteiger partial charge in [0.1, 0.15) is 11.4 Å². The van der Waals surface area contributed by atoms with E-state index in [0.29, 0.717) is 0 Å². The van der Waals surface area contributed by atoms with Gasteiger partial charge in [0.05, 0.1) is 15.4 Å². The first-order chi connectivity index (χ1) is 12.8. The van der Waals surface area contributed by atoms with Crippen LogP contribution in [0.25, 0.3) is 0 Å². The second-order valence-corrected chi connectivity index (χ2v) is 6.05. The van der Waals surface area contributed by atoms with Gasteiger partial charge >= 0.3 is 6.09 Å². The molecule has 1 aromatic rings. The summed E-state index contributed by atoms with van der Waals surface area (Å²) in [4.78, 5) is 12.5. The van der Waals surface area contributed by atoms with Gasteiger partial charge in [-0.05, 0) is 54.9 Å². The second kappa shape index (κ2) is 6.22. The molecule has 1 aliphatic heterocycles. The first-order valence-corrected chi connectivity index (χ1v) is 6.86. The maximum Gasteiger partial charge on any atom is 0.410 e. The predicted molar refractivity (Wildman–Crippen MR) is 84.1 cm³/mol. The average Bonchev–Trinajstić information content (AvgIpc) is 2.46. The van der Waals surface area contributed by atoms with Crippen LogP contribution in [0.1, 0.15) is 31.7 Å². The van der Waals surface area contributed by atoms with Crippen molar-refractivity contribution < 1.29 is 24.9 Å². The molecule has 0 aromatic heterocycles. The van der Waals surface area contributed by atoms with Gasteiger partial charge in [-0.2, -0.15) is 0 Å². The minimum absolute atomic E-state index is 0.000726. The quantitative estimate of drug-likeness (QED) is 0.760. The van der Waals surface area contributed by atoms with Crippen molar-refractivity contribution in [3.8, 4) is 0 Å². The Morgan fingerprint density at radius 3 is 2.48 bits per heavy atom. The molecule has 0 unspecified atom stereocenters. The highest BCUT2D eigenvalue weighted by Gasteiger charge is 2.26. The van der Waals surface area contributed by atoms with Crippen LogP contribution >= 0.6 is 15.9 Å². The number of anilines is 1. The minimum atomic E-state index is -3.39. The summed E-state index contributed by atoms with van der Waals surface area (Å²) < 4.78 is 84.9.